The van der Waals surface area contributed by atoms with Crippen molar-refractivity contribution >= 4 is 17.5 Å². The molecule has 186 valence electrons. The fourth-order valence-corrected chi connectivity index (χ4v) is 5.30. The number of fused-ring (bicyclic) bond motifs is 3. The van der Waals surface area contributed by atoms with Crippen LogP contribution in [0.25, 0.3) is 0 Å². The van der Waals surface area contributed by atoms with Gasteiger partial charge in [-0.1, -0.05) is 54.6 Å². The molecule has 2 aliphatic heterocycles. The maximum Gasteiger partial charge on any atom is 0.214 e. The van der Waals surface area contributed by atoms with Crippen LogP contribution in [0.1, 0.15) is 40.9 Å². The Morgan fingerprint density at radius 2 is 1.70 bits per heavy atom. The number of thioether (sulfide) groups is 1. The smallest absolute Gasteiger partial charge is 0.214 e. The second kappa shape index (κ2) is 10.2. The fourth-order valence-electron chi connectivity index (χ4n) is 4.89. The van der Waals surface area contributed by atoms with Gasteiger partial charge >= 0.3 is 0 Å². The summed E-state index contributed by atoms with van der Waals surface area (Å²) in [6.45, 7) is 0.530. The zero-order valence-corrected chi connectivity index (χ0v) is 21.7. The number of rotatable bonds is 7. The van der Waals surface area contributed by atoms with Crippen molar-refractivity contribution in [3.63, 3.8) is 0 Å². The minimum Gasteiger partial charge on any atom is -0.493 e. The molecule has 2 heterocycles. The molecule has 0 fully saturated rings. The SMILES string of the molecule is COc1cccc2c1OC(c1ccc(OCc3ccccc3)cc1)N1N=C(c3ccc(SC)cc3)CC21. The molecule has 0 amide bonds. The van der Waals surface area contributed by atoms with Crippen LogP contribution in [0.4, 0.5) is 0 Å². The van der Waals surface area contributed by atoms with E-state index in [9.17, 15) is 0 Å². The lowest BCUT2D eigenvalue weighted by atomic mass is 9.95. The van der Waals surface area contributed by atoms with Crippen molar-refractivity contribution in [2.75, 3.05) is 13.4 Å². The summed E-state index contributed by atoms with van der Waals surface area (Å²) in [7, 11) is 1.68. The van der Waals surface area contributed by atoms with Crippen LogP contribution in [0.3, 0.4) is 0 Å². The van der Waals surface area contributed by atoms with E-state index in [0.29, 0.717) is 6.61 Å². The summed E-state index contributed by atoms with van der Waals surface area (Å²) in [4.78, 5) is 1.24. The molecular formula is C31H28N2O3S. The highest BCUT2D eigenvalue weighted by Crippen LogP contribution is 2.50. The molecule has 5 nitrogen and oxygen atoms in total. The first-order valence-corrected chi connectivity index (χ1v) is 13.6. The van der Waals surface area contributed by atoms with E-state index < -0.39 is 0 Å². The van der Waals surface area contributed by atoms with E-state index in [1.807, 2.05) is 42.5 Å². The Bertz CT molecular complexity index is 1410. The first-order chi connectivity index (χ1) is 18.2. The highest BCUT2D eigenvalue weighted by molar-refractivity contribution is 7.98. The van der Waals surface area contributed by atoms with Gasteiger partial charge in [0.05, 0.1) is 18.9 Å². The molecule has 0 spiro atoms. The number of hydrogen-bond acceptors (Lipinski definition) is 6. The quantitative estimate of drug-likeness (QED) is 0.246. The van der Waals surface area contributed by atoms with Crippen molar-refractivity contribution < 1.29 is 14.2 Å². The van der Waals surface area contributed by atoms with E-state index >= 15 is 0 Å². The van der Waals surface area contributed by atoms with Gasteiger partial charge in [0.2, 0.25) is 6.23 Å². The molecule has 2 aliphatic rings. The zero-order chi connectivity index (χ0) is 25.2. The average Bonchev–Trinajstić information content (AvgIpc) is 3.42. The number of ether oxygens (including phenoxy) is 3. The molecule has 6 heteroatoms. The predicted octanol–water partition coefficient (Wildman–Crippen LogP) is 7.24. The Hall–Kier alpha value is -3.90. The number of hydrazone groups is 1. The van der Waals surface area contributed by atoms with E-state index in [2.05, 4.69) is 65.9 Å². The summed E-state index contributed by atoms with van der Waals surface area (Å²) in [5.74, 6) is 2.34. The number of nitrogens with zero attached hydrogens (tertiary/aromatic N) is 2. The lowest BCUT2D eigenvalue weighted by Crippen LogP contribution is -2.33. The van der Waals surface area contributed by atoms with Gasteiger partial charge in [0.25, 0.3) is 0 Å². The highest BCUT2D eigenvalue weighted by atomic mass is 32.2. The fraction of sp³-hybridized carbons (Fsp3) is 0.194. The molecule has 2 atom stereocenters. The van der Waals surface area contributed by atoms with Crippen molar-refractivity contribution in [3.05, 3.63) is 119 Å². The standard InChI is InChI=1S/C31H28N2O3S/c1-34-29-10-6-9-26-28-19-27(22-13-17-25(37-2)18-14-22)32-33(28)31(36-30(26)29)23-11-15-24(16-12-23)35-20-21-7-4-3-5-8-21/h3-18,28,31H,19-20H2,1-2H3. The van der Waals surface area contributed by atoms with Gasteiger partial charge < -0.3 is 14.2 Å². The predicted molar refractivity (Wildman–Crippen MR) is 148 cm³/mol. The molecule has 0 aliphatic carbocycles. The molecule has 4 aromatic rings. The van der Waals surface area contributed by atoms with Gasteiger partial charge in [-0.25, -0.2) is 5.01 Å². The molecule has 0 radical (unpaired) electrons. The Kier molecular flexibility index (Phi) is 6.49. The second-order valence-electron chi connectivity index (χ2n) is 9.07. The van der Waals surface area contributed by atoms with Gasteiger partial charge in [-0.15, -0.1) is 11.8 Å². The van der Waals surface area contributed by atoms with Crippen LogP contribution in [0.2, 0.25) is 0 Å². The molecule has 0 aromatic heterocycles. The Balaban J connectivity index is 1.31. The second-order valence-corrected chi connectivity index (χ2v) is 9.95. The minimum absolute atomic E-state index is 0.0630. The molecule has 6 rings (SSSR count). The lowest BCUT2D eigenvalue weighted by molar-refractivity contribution is -0.0209. The summed E-state index contributed by atoms with van der Waals surface area (Å²) in [6, 6.07) is 33.0. The lowest BCUT2D eigenvalue weighted by Gasteiger charge is -2.38. The Labute approximate surface area is 221 Å². The first-order valence-electron chi connectivity index (χ1n) is 12.3. The highest BCUT2D eigenvalue weighted by Gasteiger charge is 2.42. The largest absolute Gasteiger partial charge is 0.493 e. The summed E-state index contributed by atoms with van der Waals surface area (Å²) < 4.78 is 18.3. The Morgan fingerprint density at radius 1 is 0.919 bits per heavy atom. The number of benzene rings is 4. The molecule has 0 bridgehead atoms. The van der Waals surface area contributed by atoms with Crippen molar-refractivity contribution in [2.24, 2.45) is 5.10 Å². The zero-order valence-electron chi connectivity index (χ0n) is 20.8. The number of para-hydroxylation sites is 1. The maximum absolute atomic E-state index is 6.59. The van der Waals surface area contributed by atoms with Crippen LogP contribution in [0.5, 0.6) is 17.2 Å². The van der Waals surface area contributed by atoms with Crippen molar-refractivity contribution in [1.82, 2.24) is 5.01 Å². The van der Waals surface area contributed by atoms with E-state index in [0.717, 1.165) is 51.6 Å². The number of methoxy groups -OCH3 is 1. The van der Waals surface area contributed by atoms with E-state index in [4.69, 9.17) is 19.3 Å². The summed E-state index contributed by atoms with van der Waals surface area (Å²) in [6.07, 6.45) is 2.52. The molecule has 4 aromatic carbocycles. The van der Waals surface area contributed by atoms with Gasteiger partial charge in [0.15, 0.2) is 11.5 Å². The monoisotopic (exact) mass is 508 g/mol. The van der Waals surface area contributed by atoms with Crippen LogP contribution in [-0.4, -0.2) is 24.1 Å². The van der Waals surface area contributed by atoms with Gasteiger partial charge in [0, 0.05) is 22.4 Å². The first kappa shape index (κ1) is 23.5. The van der Waals surface area contributed by atoms with Crippen molar-refractivity contribution in [3.8, 4) is 17.2 Å². The van der Waals surface area contributed by atoms with Gasteiger partial charge in [-0.2, -0.15) is 5.10 Å². The average molecular weight is 509 g/mol. The van der Waals surface area contributed by atoms with Crippen LogP contribution < -0.4 is 14.2 Å². The molecule has 0 N–H and O–H groups in total. The number of hydrogen-bond donors (Lipinski definition) is 0. The summed E-state index contributed by atoms with van der Waals surface area (Å²) in [5.41, 5.74) is 5.44. The van der Waals surface area contributed by atoms with Gasteiger partial charge in [0.1, 0.15) is 12.4 Å². The van der Waals surface area contributed by atoms with Crippen molar-refractivity contribution in [1.29, 1.82) is 0 Å². The van der Waals surface area contributed by atoms with Gasteiger partial charge in [-0.05, 0) is 59.8 Å². The van der Waals surface area contributed by atoms with E-state index in [-0.39, 0.29) is 12.3 Å². The third-order valence-electron chi connectivity index (χ3n) is 6.84. The van der Waals surface area contributed by atoms with E-state index in [1.165, 1.54) is 4.90 Å². The van der Waals surface area contributed by atoms with E-state index in [1.54, 1.807) is 18.9 Å². The third-order valence-corrected chi connectivity index (χ3v) is 7.58. The summed E-state index contributed by atoms with van der Waals surface area (Å²) >= 11 is 1.74. The van der Waals surface area contributed by atoms with Gasteiger partial charge in [-0.3, -0.25) is 0 Å². The van der Waals surface area contributed by atoms with Crippen LogP contribution in [-0.2, 0) is 6.61 Å². The maximum atomic E-state index is 6.59. The van der Waals surface area contributed by atoms with Crippen LogP contribution in [0.15, 0.2) is 107 Å². The van der Waals surface area contributed by atoms with Crippen LogP contribution >= 0.6 is 11.8 Å². The molecule has 2 unspecified atom stereocenters. The molecule has 37 heavy (non-hydrogen) atoms. The third kappa shape index (κ3) is 4.65. The summed E-state index contributed by atoms with van der Waals surface area (Å²) in [5, 5.41) is 7.19. The topological polar surface area (TPSA) is 43.3 Å². The van der Waals surface area contributed by atoms with Crippen LogP contribution in [0, 0.1) is 0 Å². The van der Waals surface area contributed by atoms with Crippen molar-refractivity contribution in [2.45, 2.75) is 30.2 Å². The normalized spacial score (nSPS) is 17.9. The molecule has 0 saturated carbocycles. The minimum atomic E-state index is -0.375. The molecular weight excluding hydrogens is 480 g/mol. The Morgan fingerprint density at radius 3 is 2.43 bits per heavy atom. The molecule has 0 saturated heterocycles.